The minimum Gasteiger partial charge on any atom is -0.300 e. The van der Waals surface area contributed by atoms with Gasteiger partial charge >= 0.3 is 0 Å². The number of benzene rings is 3. The summed E-state index contributed by atoms with van der Waals surface area (Å²) in [4.78, 5) is 15.0. The molecule has 2 fully saturated rings. The molecule has 3 atom stereocenters. The van der Waals surface area contributed by atoms with E-state index < -0.39 is 4.87 Å². The molecule has 1 aliphatic heterocycles. The van der Waals surface area contributed by atoms with Crippen molar-refractivity contribution in [1.82, 2.24) is 9.97 Å². The number of nitrogens with zero attached hydrogens (tertiary/aromatic N) is 4. The van der Waals surface area contributed by atoms with Gasteiger partial charge in [0.2, 0.25) is 0 Å². The maximum atomic E-state index is 8.28. The van der Waals surface area contributed by atoms with Gasteiger partial charge in [-0.3, -0.25) is 9.80 Å². The van der Waals surface area contributed by atoms with Crippen LogP contribution in [-0.2, 0) is 10.8 Å². The first-order valence-corrected chi connectivity index (χ1v) is 16.7. The van der Waals surface area contributed by atoms with Gasteiger partial charge in [-0.05, 0) is 107 Å². The van der Waals surface area contributed by atoms with Gasteiger partial charge in [0, 0.05) is 11.4 Å². The molecule has 2 bridgehead atoms. The van der Waals surface area contributed by atoms with Crippen LogP contribution in [-0.4, -0.2) is 21.0 Å². The Morgan fingerprint density at radius 2 is 1.20 bits per heavy atom. The first-order valence-electron chi connectivity index (χ1n) is 16.3. The molecular weight excluding hydrogens is 560 g/mol. The largest absolute Gasteiger partial charge is 0.300 e. The lowest BCUT2D eigenvalue weighted by Crippen LogP contribution is -2.67. The SMILES string of the molecule is CC(C)(C)c1ccc(N2c3nc4ccccc4nc3N(c3ccc(C(C)(C)C)cc3)C2C2(Cl)C3=CCC4(CC3)CCC42)cc1. The van der Waals surface area contributed by atoms with Gasteiger partial charge in [-0.15, -0.1) is 11.6 Å². The average molecular weight is 603 g/mol. The van der Waals surface area contributed by atoms with Crippen molar-refractivity contribution in [2.75, 3.05) is 9.80 Å². The fraction of sp³-hybridized carbons (Fsp3) is 0.436. The minimum absolute atomic E-state index is 0.0665. The van der Waals surface area contributed by atoms with Crippen LogP contribution in [0.5, 0.6) is 0 Å². The van der Waals surface area contributed by atoms with E-state index in [1.54, 1.807) is 0 Å². The molecule has 226 valence electrons. The van der Waals surface area contributed by atoms with Crippen molar-refractivity contribution >= 4 is 45.6 Å². The zero-order valence-electron chi connectivity index (χ0n) is 26.9. The molecule has 4 aromatic rings. The number of hydrogen-bond donors (Lipinski definition) is 0. The first kappa shape index (κ1) is 28.1. The van der Waals surface area contributed by atoms with E-state index in [4.69, 9.17) is 21.6 Å². The quantitative estimate of drug-likeness (QED) is 0.172. The molecule has 1 spiro atoms. The van der Waals surface area contributed by atoms with Crippen LogP contribution < -0.4 is 9.80 Å². The Morgan fingerprint density at radius 1 is 0.705 bits per heavy atom. The summed E-state index contributed by atoms with van der Waals surface area (Å²) in [6.07, 6.45) is 8.24. The molecule has 3 aromatic carbocycles. The summed E-state index contributed by atoms with van der Waals surface area (Å²) in [7, 11) is 0. The van der Waals surface area contributed by atoms with Gasteiger partial charge in [0.25, 0.3) is 0 Å². The Labute approximate surface area is 267 Å². The standard InChI is InChI=1S/C39H43ClN4/c1-36(2,3)25-11-15-28(16-12-25)43-33-34(42-31-10-8-7-9-30(31)41-33)44(29-17-13-26(14-18-29)37(4,5)6)35(43)39(40)27-19-22-38(23-20-27)24-21-32(38)39/h7-19,32,35H,20-24H2,1-6H3. The lowest BCUT2D eigenvalue weighted by atomic mass is 9.44. The Hall–Kier alpha value is -3.37. The number of fused-ring (bicyclic) bond motifs is 4. The highest BCUT2D eigenvalue weighted by molar-refractivity contribution is 6.28. The highest BCUT2D eigenvalue weighted by Gasteiger charge is 2.68. The fourth-order valence-corrected chi connectivity index (χ4v) is 9.23. The van der Waals surface area contributed by atoms with Gasteiger partial charge in [0.15, 0.2) is 11.6 Å². The summed E-state index contributed by atoms with van der Waals surface area (Å²) in [6, 6.07) is 26.4. The lowest BCUT2D eigenvalue weighted by molar-refractivity contribution is -0.0371. The van der Waals surface area contributed by atoms with E-state index >= 15 is 0 Å². The van der Waals surface area contributed by atoms with Crippen LogP contribution in [0.2, 0.25) is 0 Å². The van der Waals surface area contributed by atoms with Crippen molar-refractivity contribution in [1.29, 1.82) is 0 Å². The molecule has 0 radical (unpaired) electrons. The van der Waals surface area contributed by atoms with Crippen LogP contribution in [0, 0.1) is 11.3 Å². The van der Waals surface area contributed by atoms with Crippen LogP contribution in [0.25, 0.3) is 11.0 Å². The molecule has 0 saturated heterocycles. The van der Waals surface area contributed by atoms with Crippen LogP contribution in [0.15, 0.2) is 84.4 Å². The van der Waals surface area contributed by atoms with Gasteiger partial charge < -0.3 is 0 Å². The van der Waals surface area contributed by atoms with Crippen molar-refractivity contribution in [2.24, 2.45) is 11.3 Å². The van der Waals surface area contributed by atoms with E-state index in [0.29, 0.717) is 11.3 Å². The number of para-hydroxylation sites is 2. The Bertz CT molecular complexity index is 1690. The predicted molar refractivity (Wildman–Crippen MR) is 184 cm³/mol. The smallest absolute Gasteiger partial charge is 0.179 e. The number of hydrogen-bond acceptors (Lipinski definition) is 4. The van der Waals surface area contributed by atoms with E-state index in [-0.39, 0.29) is 17.0 Å². The molecule has 0 N–H and O–H groups in total. The third-order valence-electron chi connectivity index (χ3n) is 11.2. The summed E-state index contributed by atoms with van der Waals surface area (Å²) in [5.41, 5.74) is 8.50. The van der Waals surface area contributed by atoms with Gasteiger partial charge in [-0.1, -0.05) is 84.0 Å². The van der Waals surface area contributed by atoms with Gasteiger partial charge in [0.05, 0.1) is 11.0 Å². The number of halogens is 1. The predicted octanol–water partition coefficient (Wildman–Crippen LogP) is 10.3. The second kappa shape index (κ2) is 9.33. The van der Waals surface area contributed by atoms with E-state index in [2.05, 4.69) is 118 Å². The van der Waals surface area contributed by atoms with Crippen molar-refractivity contribution in [3.63, 3.8) is 0 Å². The van der Waals surface area contributed by atoms with Gasteiger partial charge in [-0.25, -0.2) is 9.97 Å². The topological polar surface area (TPSA) is 32.3 Å². The second-order valence-electron chi connectivity index (χ2n) is 15.7. The zero-order chi connectivity index (χ0) is 30.6. The van der Waals surface area contributed by atoms with E-state index in [9.17, 15) is 0 Å². The molecule has 4 nitrogen and oxygen atoms in total. The highest BCUT2D eigenvalue weighted by atomic mass is 35.5. The molecule has 2 saturated carbocycles. The third-order valence-corrected chi connectivity index (χ3v) is 11.9. The molecule has 9 rings (SSSR count). The average Bonchev–Trinajstić information content (AvgIpc) is 3.32. The molecule has 2 heterocycles. The number of rotatable bonds is 3. The molecule has 3 unspecified atom stereocenters. The maximum absolute atomic E-state index is 8.28. The van der Waals surface area contributed by atoms with E-state index in [1.807, 2.05) is 12.1 Å². The Kier molecular flexibility index (Phi) is 5.96. The lowest BCUT2D eigenvalue weighted by Gasteiger charge is -2.66. The van der Waals surface area contributed by atoms with Crippen molar-refractivity contribution in [3.05, 3.63) is 95.6 Å². The molecule has 5 aliphatic rings. The van der Waals surface area contributed by atoms with E-state index in [1.165, 1.54) is 42.4 Å². The third kappa shape index (κ3) is 3.95. The maximum Gasteiger partial charge on any atom is 0.179 e. The van der Waals surface area contributed by atoms with Crippen LogP contribution in [0.4, 0.5) is 23.0 Å². The summed E-state index contributed by atoms with van der Waals surface area (Å²) >= 11 is 8.28. The number of anilines is 4. The molecule has 1 aromatic heterocycles. The number of alkyl halides is 1. The first-order chi connectivity index (χ1) is 20.9. The van der Waals surface area contributed by atoms with Crippen LogP contribution >= 0.6 is 11.6 Å². The normalized spacial score (nSPS) is 26.4. The minimum atomic E-state index is -0.561. The van der Waals surface area contributed by atoms with Crippen LogP contribution in [0.3, 0.4) is 0 Å². The molecule has 44 heavy (non-hydrogen) atoms. The summed E-state index contributed by atoms with van der Waals surface area (Å²) in [5.74, 6) is 2.19. The zero-order valence-corrected chi connectivity index (χ0v) is 27.6. The molecule has 5 heteroatoms. The van der Waals surface area contributed by atoms with Gasteiger partial charge in [-0.2, -0.15) is 0 Å². The number of allylic oxidation sites excluding steroid dienone is 1. The summed E-state index contributed by atoms with van der Waals surface area (Å²) in [6.45, 7) is 13.6. The van der Waals surface area contributed by atoms with Crippen molar-refractivity contribution in [2.45, 2.75) is 95.5 Å². The molecule has 4 aliphatic carbocycles. The van der Waals surface area contributed by atoms with Gasteiger partial charge in [0.1, 0.15) is 11.0 Å². The fourth-order valence-electron chi connectivity index (χ4n) is 8.53. The number of aromatic nitrogens is 2. The monoisotopic (exact) mass is 602 g/mol. The van der Waals surface area contributed by atoms with Crippen molar-refractivity contribution < 1.29 is 0 Å². The molecule has 0 amide bonds. The van der Waals surface area contributed by atoms with E-state index in [0.717, 1.165) is 40.5 Å². The summed E-state index contributed by atoms with van der Waals surface area (Å²) < 4.78 is 0. The molecular formula is C39H43ClN4. The Morgan fingerprint density at radius 3 is 1.59 bits per heavy atom. The van der Waals surface area contributed by atoms with Crippen molar-refractivity contribution in [3.8, 4) is 0 Å². The van der Waals surface area contributed by atoms with Crippen LogP contribution in [0.1, 0.15) is 84.8 Å². The Balaban J connectivity index is 1.39. The second-order valence-corrected chi connectivity index (χ2v) is 16.3. The highest BCUT2D eigenvalue weighted by Crippen LogP contribution is 2.70. The summed E-state index contributed by atoms with van der Waals surface area (Å²) in [5, 5.41) is 0.